The van der Waals surface area contributed by atoms with Gasteiger partial charge in [0.05, 0.1) is 0 Å². The molecule has 0 aliphatic carbocycles. The fourth-order valence-corrected chi connectivity index (χ4v) is 2.97. The van der Waals surface area contributed by atoms with Crippen LogP contribution in [0, 0.1) is 0 Å². The monoisotopic (exact) mass is 214 g/mol. The van der Waals surface area contributed by atoms with Crippen LogP contribution in [0.25, 0.3) is 0 Å². The normalized spacial score (nSPS) is 29.1. The van der Waals surface area contributed by atoms with Gasteiger partial charge in [-0.15, -0.1) is 0 Å². The predicted octanol–water partition coefficient (Wildman–Crippen LogP) is 1.59. The van der Waals surface area contributed by atoms with Crippen molar-refractivity contribution in [2.24, 2.45) is 0 Å². The van der Waals surface area contributed by atoms with Crippen LogP contribution >= 0.6 is 11.8 Å². The number of nitrogens with one attached hydrogen (secondary N) is 1. The van der Waals surface area contributed by atoms with E-state index in [4.69, 9.17) is 0 Å². The van der Waals surface area contributed by atoms with Gasteiger partial charge in [-0.2, -0.15) is 11.8 Å². The Bertz CT molecular complexity index is 194. The first-order valence-electron chi connectivity index (χ1n) is 5.32. The molecule has 0 spiro atoms. The molecule has 1 aliphatic heterocycles. The number of likely N-dealkylation sites (N-methyl/N-ethyl adjacent to an activating group) is 1. The molecule has 1 rings (SSSR count). The molecule has 1 N–H and O–H groups in total. The smallest absolute Gasteiger partial charge is 0.0206 e. The SMILES string of the molecule is C=C(CNC)CN1CCSC(C)C1C. The molecule has 1 fully saturated rings. The molecule has 3 heteroatoms. The number of thioether (sulfide) groups is 1. The summed E-state index contributed by atoms with van der Waals surface area (Å²) in [4.78, 5) is 2.54. The van der Waals surface area contributed by atoms with Crippen LogP contribution in [0.1, 0.15) is 13.8 Å². The van der Waals surface area contributed by atoms with Crippen LogP contribution < -0.4 is 5.32 Å². The standard InChI is InChI=1S/C11H22N2S/c1-9(7-12-4)8-13-5-6-14-11(3)10(13)2/h10-12H,1,5-8H2,2-4H3. The Hall–Kier alpha value is 0.0100. The van der Waals surface area contributed by atoms with Crippen LogP contribution in [0.2, 0.25) is 0 Å². The third kappa shape index (κ3) is 3.30. The average Bonchev–Trinajstić information content (AvgIpc) is 2.13. The zero-order valence-corrected chi connectivity index (χ0v) is 10.4. The van der Waals surface area contributed by atoms with Gasteiger partial charge in [-0.3, -0.25) is 4.90 Å². The summed E-state index contributed by atoms with van der Waals surface area (Å²) in [5, 5.41) is 3.91. The summed E-state index contributed by atoms with van der Waals surface area (Å²) in [5.41, 5.74) is 1.29. The van der Waals surface area contributed by atoms with Gasteiger partial charge in [0.1, 0.15) is 0 Å². The molecule has 2 unspecified atom stereocenters. The largest absolute Gasteiger partial charge is 0.316 e. The highest BCUT2D eigenvalue weighted by molar-refractivity contribution is 8.00. The van der Waals surface area contributed by atoms with Crippen LogP contribution in [0.3, 0.4) is 0 Å². The summed E-state index contributed by atoms with van der Waals surface area (Å²) < 4.78 is 0. The van der Waals surface area contributed by atoms with Gasteiger partial charge in [-0.25, -0.2) is 0 Å². The van der Waals surface area contributed by atoms with Crippen molar-refractivity contribution in [3.8, 4) is 0 Å². The van der Waals surface area contributed by atoms with Crippen molar-refractivity contribution in [3.63, 3.8) is 0 Å². The third-order valence-electron chi connectivity index (χ3n) is 2.87. The van der Waals surface area contributed by atoms with E-state index in [1.807, 2.05) is 7.05 Å². The van der Waals surface area contributed by atoms with Gasteiger partial charge in [0, 0.05) is 36.7 Å². The Morgan fingerprint density at radius 1 is 1.57 bits per heavy atom. The van der Waals surface area contributed by atoms with Crippen LogP contribution in [-0.4, -0.2) is 48.6 Å². The molecule has 2 nitrogen and oxygen atoms in total. The molecular formula is C11H22N2S. The van der Waals surface area contributed by atoms with E-state index in [0.29, 0.717) is 6.04 Å². The lowest BCUT2D eigenvalue weighted by Gasteiger charge is -2.37. The molecule has 1 saturated heterocycles. The van der Waals surface area contributed by atoms with E-state index in [-0.39, 0.29) is 0 Å². The van der Waals surface area contributed by atoms with Gasteiger partial charge in [-0.05, 0) is 19.5 Å². The van der Waals surface area contributed by atoms with E-state index < -0.39 is 0 Å². The average molecular weight is 214 g/mol. The molecule has 1 aliphatic rings. The minimum absolute atomic E-state index is 0.683. The summed E-state index contributed by atoms with van der Waals surface area (Å²) in [5.74, 6) is 1.26. The van der Waals surface area contributed by atoms with Crippen molar-refractivity contribution < 1.29 is 0 Å². The van der Waals surface area contributed by atoms with E-state index in [1.165, 1.54) is 17.9 Å². The summed E-state index contributed by atoms with van der Waals surface area (Å²) in [6, 6.07) is 0.683. The molecule has 0 aromatic carbocycles. The van der Waals surface area contributed by atoms with Crippen molar-refractivity contribution in [2.75, 3.05) is 32.4 Å². The molecule has 0 amide bonds. The third-order valence-corrected chi connectivity index (χ3v) is 4.21. The number of nitrogens with zero attached hydrogens (tertiary/aromatic N) is 1. The first-order chi connectivity index (χ1) is 6.65. The minimum Gasteiger partial charge on any atom is -0.316 e. The Morgan fingerprint density at radius 2 is 2.29 bits per heavy atom. The highest BCUT2D eigenvalue weighted by Gasteiger charge is 2.24. The molecule has 0 radical (unpaired) electrons. The molecule has 2 atom stereocenters. The van der Waals surface area contributed by atoms with Gasteiger partial charge in [0.15, 0.2) is 0 Å². The van der Waals surface area contributed by atoms with Gasteiger partial charge in [0.2, 0.25) is 0 Å². The van der Waals surface area contributed by atoms with Crippen molar-refractivity contribution in [1.29, 1.82) is 0 Å². The second kappa shape index (κ2) is 5.79. The molecule has 0 aromatic rings. The van der Waals surface area contributed by atoms with E-state index in [1.54, 1.807) is 0 Å². The fraction of sp³-hybridized carbons (Fsp3) is 0.818. The van der Waals surface area contributed by atoms with Crippen molar-refractivity contribution in [3.05, 3.63) is 12.2 Å². The van der Waals surface area contributed by atoms with E-state index in [2.05, 4.69) is 42.4 Å². The van der Waals surface area contributed by atoms with E-state index >= 15 is 0 Å². The van der Waals surface area contributed by atoms with Crippen molar-refractivity contribution >= 4 is 11.8 Å². The van der Waals surface area contributed by atoms with Crippen molar-refractivity contribution in [2.45, 2.75) is 25.1 Å². The van der Waals surface area contributed by atoms with Crippen LogP contribution in [0.15, 0.2) is 12.2 Å². The summed E-state index contributed by atoms with van der Waals surface area (Å²) in [6.45, 7) is 11.9. The summed E-state index contributed by atoms with van der Waals surface area (Å²) in [7, 11) is 1.98. The van der Waals surface area contributed by atoms with Gasteiger partial charge < -0.3 is 5.32 Å². The zero-order valence-electron chi connectivity index (χ0n) is 9.55. The maximum atomic E-state index is 4.09. The van der Waals surface area contributed by atoms with Crippen molar-refractivity contribution in [1.82, 2.24) is 10.2 Å². The number of hydrogen-bond acceptors (Lipinski definition) is 3. The van der Waals surface area contributed by atoms with E-state index in [0.717, 1.165) is 18.3 Å². The molecule has 0 bridgehead atoms. The molecule has 82 valence electrons. The van der Waals surface area contributed by atoms with Gasteiger partial charge in [-0.1, -0.05) is 13.5 Å². The lowest BCUT2D eigenvalue weighted by atomic mass is 10.1. The Kier molecular flexibility index (Phi) is 4.99. The predicted molar refractivity (Wildman–Crippen MR) is 66.0 cm³/mol. The molecule has 0 aromatic heterocycles. The number of hydrogen-bond donors (Lipinski definition) is 1. The lowest BCUT2D eigenvalue weighted by Crippen LogP contribution is -2.45. The van der Waals surface area contributed by atoms with Gasteiger partial charge >= 0.3 is 0 Å². The second-order valence-corrected chi connectivity index (χ2v) is 5.55. The minimum atomic E-state index is 0.683. The molecule has 1 heterocycles. The summed E-state index contributed by atoms with van der Waals surface area (Å²) >= 11 is 2.08. The maximum absolute atomic E-state index is 4.09. The molecule has 14 heavy (non-hydrogen) atoms. The van der Waals surface area contributed by atoms with Crippen LogP contribution in [0.4, 0.5) is 0 Å². The quantitative estimate of drug-likeness (QED) is 0.716. The van der Waals surface area contributed by atoms with Crippen LogP contribution in [0.5, 0.6) is 0 Å². The molecular weight excluding hydrogens is 192 g/mol. The van der Waals surface area contributed by atoms with Crippen LogP contribution in [-0.2, 0) is 0 Å². The fourth-order valence-electron chi connectivity index (χ4n) is 1.81. The topological polar surface area (TPSA) is 15.3 Å². The number of rotatable bonds is 4. The summed E-state index contributed by atoms with van der Waals surface area (Å²) in [6.07, 6.45) is 0. The lowest BCUT2D eigenvalue weighted by molar-refractivity contribution is 0.230. The Morgan fingerprint density at radius 3 is 2.93 bits per heavy atom. The first-order valence-corrected chi connectivity index (χ1v) is 6.37. The Balaban J connectivity index is 2.39. The first kappa shape index (κ1) is 12.1. The second-order valence-electron chi connectivity index (χ2n) is 4.07. The Labute approximate surface area is 92.1 Å². The van der Waals surface area contributed by atoms with E-state index in [9.17, 15) is 0 Å². The highest BCUT2D eigenvalue weighted by atomic mass is 32.2. The molecule has 0 saturated carbocycles. The highest BCUT2D eigenvalue weighted by Crippen LogP contribution is 2.24. The zero-order chi connectivity index (χ0) is 10.6. The van der Waals surface area contributed by atoms with Gasteiger partial charge in [0.25, 0.3) is 0 Å². The maximum Gasteiger partial charge on any atom is 0.0206 e.